The Morgan fingerprint density at radius 1 is 0.394 bits per heavy atom. The van der Waals surface area contributed by atoms with Gasteiger partial charge >= 0.3 is 0 Å². The third-order valence-corrected chi connectivity index (χ3v) is 5.47. The van der Waals surface area contributed by atoms with E-state index in [0.717, 1.165) is 13.2 Å². The van der Waals surface area contributed by atoms with E-state index in [4.69, 9.17) is 4.74 Å². The minimum Gasteiger partial charge on any atom is -0.381 e. The molecule has 0 aromatic carbocycles. The van der Waals surface area contributed by atoms with E-state index in [9.17, 15) is 0 Å². The third-order valence-electron chi connectivity index (χ3n) is 5.47. The van der Waals surface area contributed by atoms with E-state index < -0.39 is 0 Å². The SMILES string of the molecule is C1CCOC1.[CH]1[CH][C]2C=CC=C[C]2[CH]1.[CH]1[CH][C]2C=CC=C[C]2[CH]1.[CH]1[CH][C]2C=CC=C[C]2[CH]1.[Dy]. The van der Waals surface area contributed by atoms with Crippen LogP contribution in [0.15, 0.2) is 72.9 Å². The maximum Gasteiger partial charge on any atom is 0.0466 e. The van der Waals surface area contributed by atoms with Crippen LogP contribution in [0.1, 0.15) is 12.8 Å². The van der Waals surface area contributed by atoms with Crippen molar-refractivity contribution in [2.45, 2.75) is 12.8 Å². The van der Waals surface area contributed by atoms with Crippen LogP contribution >= 0.6 is 0 Å². The maximum absolute atomic E-state index is 4.94. The third kappa shape index (κ3) is 9.00. The van der Waals surface area contributed by atoms with Gasteiger partial charge in [-0.15, -0.1) is 0 Å². The van der Waals surface area contributed by atoms with Crippen LogP contribution in [0.2, 0.25) is 0 Å². The van der Waals surface area contributed by atoms with Crippen molar-refractivity contribution in [2.24, 2.45) is 0 Å². The summed E-state index contributed by atoms with van der Waals surface area (Å²) in [5.74, 6) is 7.99. The van der Waals surface area contributed by atoms with Crippen molar-refractivity contribution in [3.8, 4) is 0 Å². The summed E-state index contributed by atoms with van der Waals surface area (Å²) < 4.78 is 4.94. The predicted molar refractivity (Wildman–Crippen MR) is 133 cm³/mol. The van der Waals surface area contributed by atoms with Gasteiger partial charge in [-0.2, -0.15) is 0 Å². The largest absolute Gasteiger partial charge is 0.381 e. The zero-order chi connectivity index (χ0) is 21.8. The Morgan fingerprint density at radius 2 is 0.636 bits per heavy atom. The molecule has 1 saturated heterocycles. The minimum absolute atomic E-state index is 0. The van der Waals surface area contributed by atoms with Gasteiger partial charge in [-0.25, -0.2) is 0 Å². The number of rotatable bonds is 0. The zero-order valence-corrected chi connectivity index (χ0v) is 20.7. The first-order valence-electron chi connectivity index (χ1n) is 11.3. The molecule has 7 rings (SSSR count). The molecule has 0 aromatic heterocycles. The number of allylic oxidation sites excluding steroid dienone is 12. The first-order valence-corrected chi connectivity index (χ1v) is 11.3. The van der Waals surface area contributed by atoms with E-state index in [-0.39, 0.29) is 38.2 Å². The van der Waals surface area contributed by atoms with Crippen LogP contribution in [0.3, 0.4) is 0 Å². The molecule has 169 valence electrons. The van der Waals surface area contributed by atoms with Gasteiger partial charge in [-0.1, -0.05) is 72.9 Å². The van der Waals surface area contributed by atoms with Crippen molar-refractivity contribution in [3.05, 3.63) is 166 Å². The van der Waals surface area contributed by atoms with Crippen LogP contribution in [-0.4, -0.2) is 13.2 Å². The Bertz CT molecular complexity index is 571. The molecule has 0 N–H and O–H groups in total. The van der Waals surface area contributed by atoms with Crippen LogP contribution in [0, 0.1) is 131 Å². The zero-order valence-electron chi connectivity index (χ0n) is 18.7. The number of hydrogen-bond acceptors (Lipinski definition) is 1. The Balaban J connectivity index is 0.000000125. The molecular weight excluding hydrogens is 551 g/mol. The second-order valence-corrected chi connectivity index (χ2v) is 7.78. The quantitative estimate of drug-likeness (QED) is 0.320. The standard InChI is InChI=1S/3C9H7.C4H8O.Dy/c3*1-2-5-9-7-3-6-8(9)4-1;1-2-4-5-3-1;/h3*1-7H;1-4H2;. The van der Waals surface area contributed by atoms with Crippen molar-refractivity contribution < 1.29 is 42.9 Å². The summed E-state index contributed by atoms with van der Waals surface area (Å²) in [6, 6.07) is 0. The summed E-state index contributed by atoms with van der Waals surface area (Å²) in [5.41, 5.74) is 0. The molecule has 0 bridgehead atoms. The molecule has 1 nitrogen and oxygen atoms in total. The molecule has 6 aliphatic carbocycles. The smallest absolute Gasteiger partial charge is 0.0466 e. The molecule has 0 unspecified atom stereocenters. The van der Waals surface area contributed by atoms with Crippen LogP contribution in [-0.2, 0) is 4.74 Å². The molecular formula is C31H29DyO. The molecule has 1 aliphatic heterocycles. The first-order chi connectivity index (χ1) is 15.9. The Labute approximate surface area is 233 Å². The molecule has 7 aliphatic rings. The van der Waals surface area contributed by atoms with E-state index in [1.807, 2.05) is 0 Å². The van der Waals surface area contributed by atoms with Crippen LogP contribution < -0.4 is 0 Å². The maximum atomic E-state index is 4.94. The van der Waals surface area contributed by atoms with Crippen molar-refractivity contribution in [3.63, 3.8) is 0 Å². The summed E-state index contributed by atoms with van der Waals surface area (Å²) in [4.78, 5) is 0. The summed E-state index contributed by atoms with van der Waals surface area (Å²) in [7, 11) is 0. The van der Waals surface area contributed by atoms with Gasteiger partial charge < -0.3 is 4.74 Å². The minimum atomic E-state index is 0. The van der Waals surface area contributed by atoms with Gasteiger partial charge in [-0.3, -0.25) is 0 Å². The van der Waals surface area contributed by atoms with Crippen molar-refractivity contribution >= 4 is 0 Å². The molecule has 3 saturated carbocycles. The van der Waals surface area contributed by atoms with Crippen molar-refractivity contribution in [1.82, 2.24) is 0 Å². The summed E-state index contributed by atoms with van der Waals surface area (Å²) >= 11 is 0. The molecule has 2 heteroatoms. The Kier molecular flexibility index (Phi) is 12.9. The van der Waals surface area contributed by atoms with Crippen molar-refractivity contribution in [1.29, 1.82) is 0 Å². The van der Waals surface area contributed by atoms with E-state index in [1.54, 1.807) is 0 Å². The molecule has 0 amide bonds. The van der Waals surface area contributed by atoms with Gasteiger partial charge in [0, 0.05) is 86.9 Å². The van der Waals surface area contributed by atoms with E-state index in [0.29, 0.717) is 0 Å². The van der Waals surface area contributed by atoms with E-state index >= 15 is 0 Å². The molecule has 1 heterocycles. The second kappa shape index (κ2) is 15.6. The molecule has 15 radical (unpaired) electrons. The summed E-state index contributed by atoms with van der Waals surface area (Å²) in [6.07, 6.45) is 46.6. The van der Waals surface area contributed by atoms with Gasteiger partial charge in [0.2, 0.25) is 0 Å². The average molecular weight is 580 g/mol. The van der Waals surface area contributed by atoms with E-state index in [2.05, 4.69) is 131 Å². The molecule has 0 atom stereocenters. The molecule has 4 fully saturated rings. The Morgan fingerprint density at radius 3 is 0.818 bits per heavy atom. The van der Waals surface area contributed by atoms with Gasteiger partial charge in [0.05, 0.1) is 0 Å². The van der Waals surface area contributed by atoms with Gasteiger partial charge in [-0.05, 0) is 70.6 Å². The molecule has 33 heavy (non-hydrogen) atoms. The fourth-order valence-corrected chi connectivity index (χ4v) is 3.72. The predicted octanol–water partition coefficient (Wildman–Crippen LogP) is 6.46. The van der Waals surface area contributed by atoms with Crippen LogP contribution in [0.5, 0.6) is 0 Å². The van der Waals surface area contributed by atoms with Gasteiger partial charge in [0.25, 0.3) is 0 Å². The first kappa shape index (κ1) is 27.3. The monoisotopic (exact) mass is 581 g/mol. The number of ether oxygens (including phenoxy) is 1. The fraction of sp³-hybridized carbons (Fsp3) is 0.129. The van der Waals surface area contributed by atoms with Crippen molar-refractivity contribution in [2.75, 3.05) is 13.2 Å². The average Bonchev–Trinajstić information content (AvgIpc) is 3.67. The van der Waals surface area contributed by atoms with Crippen LogP contribution in [0.4, 0.5) is 0 Å². The fourth-order valence-electron chi connectivity index (χ4n) is 3.72. The van der Waals surface area contributed by atoms with E-state index in [1.165, 1.54) is 48.3 Å². The Hall–Kier alpha value is -0.327. The van der Waals surface area contributed by atoms with Gasteiger partial charge in [0.1, 0.15) is 0 Å². The topological polar surface area (TPSA) is 9.23 Å². The van der Waals surface area contributed by atoms with Crippen LogP contribution in [0.25, 0.3) is 0 Å². The summed E-state index contributed by atoms with van der Waals surface area (Å²) in [5, 5.41) is 0. The number of fused-ring (bicyclic) bond motifs is 3. The summed E-state index contributed by atoms with van der Waals surface area (Å²) in [6.45, 7) is 2.00. The van der Waals surface area contributed by atoms with Gasteiger partial charge in [0.15, 0.2) is 0 Å². The molecule has 0 aromatic rings. The molecule has 0 spiro atoms. The second-order valence-electron chi connectivity index (χ2n) is 7.78. The number of hydrogen-bond donors (Lipinski definition) is 0. The normalized spacial score (nSPS) is 25.8.